The molecule has 1 aromatic carbocycles. The van der Waals surface area contributed by atoms with E-state index in [1.54, 1.807) is 36.8 Å². The summed E-state index contributed by atoms with van der Waals surface area (Å²) in [6, 6.07) is 13.1. The summed E-state index contributed by atoms with van der Waals surface area (Å²) < 4.78 is 11.0. The summed E-state index contributed by atoms with van der Waals surface area (Å²) in [7, 11) is 0. The van der Waals surface area contributed by atoms with Gasteiger partial charge in [-0.3, -0.25) is 4.79 Å². The highest BCUT2D eigenvalue weighted by Crippen LogP contribution is 2.31. The SMILES string of the molecule is CCc1cccc(C)c1NC(=O)C(C)Sc1nnc(-c2ccco2)c(-c2ccco2)n1. The highest BCUT2D eigenvalue weighted by molar-refractivity contribution is 8.00. The lowest BCUT2D eigenvalue weighted by Crippen LogP contribution is -2.24. The molecule has 0 fully saturated rings. The number of anilines is 1. The number of furan rings is 2. The van der Waals surface area contributed by atoms with E-state index >= 15 is 0 Å². The van der Waals surface area contributed by atoms with E-state index in [4.69, 9.17) is 8.83 Å². The summed E-state index contributed by atoms with van der Waals surface area (Å²) in [5.41, 5.74) is 3.99. The van der Waals surface area contributed by atoms with Gasteiger partial charge in [-0.1, -0.05) is 36.9 Å². The van der Waals surface area contributed by atoms with Crippen molar-refractivity contribution in [3.63, 3.8) is 0 Å². The topological polar surface area (TPSA) is 94.1 Å². The molecule has 0 aliphatic heterocycles. The molecule has 1 N–H and O–H groups in total. The Bertz CT molecular complexity index is 1170. The number of carbonyl (C=O) groups excluding carboxylic acids is 1. The summed E-state index contributed by atoms with van der Waals surface area (Å²) in [6.07, 6.45) is 3.97. The minimum absolute atomic E-state index is 0.118. The fourth-order valence-electron chi connectivity index (χ4n) is 3.16. The smallest absolute Gasteiger partial charge is 0.237 e. The molecule has 0 saturated carbocycles. The molecule has 1 unspecified atom stereocenters. The van der Waals surface area contributed by atoms with Crippen LogP contribution >= 0.6 is 11.8 Å². The van der Waals surface area contributed by atoms with E-state index in [2.05, 4.69) is 27.4 Å². The van der Waals surface area contributed by atoms with Crippen LogP contribution in [0.1, 0.15) is 25.0 Å². The number of aromatic nitrogens is 3. The van der Waals surface area contributed by atoms with Gasteiger partial charge >= 0.3 is 0 Å². The third-order valence-electron chi connectivity index (χ3n) is 4.82. The van der Waals surface area contributed by atoms with Crippen molar-refractivity contribution >= 4 is 23.4 Å². The first-order valence-electron chi connectivity index (χ1n) is 9.95. The first-order chi connectivity index (χ1) is 15.1. The van der Waals surface area contributed by atoms with Crippen LogP contribution in [0.4, 0.5) is 5.69 Å². The van der Waals surface area contributed by atoms with Crippen LogP contribution in [0.3, 0.4) is 0 Å². The lowest BCUT2D eigenvalue weighted by Gasteiger charge is -2.16. The second-order valence-corrected chi connectivity index (χ2v) is 8.27. The normalized spacial score (nSPS) is 12.0. The van der Waals surface area contributed by atoms with Gasteiger partial charge in [0.05, 0.1) is 17.8 Å². The molecule has 1 atom stereocenters. The van der Waals surface area contributed by atoms with E-state index in [1.165, 1.54) is 11.8 Å². The lowest BCUT2D eigenvalue weighted by molar-refractivity contribution is -0.115. The first kappa shape index (κ1) is 20.9. The third kappa shape index (κ3) is 4.54. The summed E-state index contributed by atoms with van der Waals surface area (Å²) in [6.45, 7) is 5.88. The molecule has 0 bridgehead atoms. The number of nitrogens with zero attached hydrogens (tertiary/aromatic N) is 3. The van der Waals surface area contributed by atoms with Crippen LogP contribution in [-0.2, 0) is 11.2 Å². The number of carbonyl (C=O) groups is 1. The van der Waals surface area contributed by atoms with Gasteiger partial charge < -0.3 is 14.2 Å². The van der Waals surface area contributed by atoms with Gasteiger partial charge in [0.15, 0.2) is 17.2 Å². The second kappa shape index (κ2) is 9.18. The van der Waals surface area contributed by atoms with Crippen LogP contribution in [0.25, 0.3) is 22.9 Å². The summed E-state index contributed by atoms with van der Waals surface area (Å²) in [5, 5.41) is 11.5. The molecule has 158 valence electrons. The van der Waals surface area contributed by atoms with Crippen LogP contribution in [0.5, 0.6) is 0 Å². The van der Waals surface area contributed by atoms with Crippen LogP contribution in [0.15, 0.2) is 69.0 Å². The van der Waals surface area contributed by atoms with Gasteiger partial charge in [0.25, 0.3) is 0 Å². The molecule has 3 heterocycles. The fraction of sp³-hybridized carbons (Fsp3) is 0.217. The molecule has 31 heavy (non-hydrogen) atoms. The zero-order valence-corrected chi connectivity index (χ0v) is 18.3. The molecule has 0 aliphatic carbocycles. The van der Waals surface area contributed by atoms with E-state index in [-0.39, 0.29) is 5.91 Å². The van der Waals surface area contributed by atoms with Crippen molar-refractivity contribution in [2.75, 3.05) is 5.32 Å². The molecule has 4 aromatic rings. The number of amides is 1. The Morgan fingerprint density at radius 1 is 1.03 bits per heavy atom. The van der Waals surface area contributed by atoms with Crippen molar-refractivity contribution in [2.45, 2.75) is 37.6 Å². The van der Waals surface area contributed by atoms with Crippen molar-refractivity contribution in [1.82, 2.24) is 15.2 Å². The number of thioether (sulfide) groups is 1. The zero-order chi connectivity index (χ0) is 21.8. The Kier molecular flexibility index (Phi) is 6.18. The fourth-order valence-corrected chi connectivity index (χ4v) is 3.88. The number of para-hydroxylation sites is 1. The van der Waals surface area contributed by atoms with Gasteiger partial charge in [0, 0.05) is 5.69 Å². The van der Waals surface area contributed by atoms with Crippen molar-refractivity contribution in [3.8, 4) is 22.9 Å². The molecule has 8 heteroatoms. The van der Waals surface area contributed by atoms with E-state index in [0.717, 1.165) is 23.2 Å². The molecule has 0 spiro atoms. The molecule has 0 radical (unpaired) electrons. The second-order valence-electron chi connectivity index (χ2n) is 6.96. The number of benzene rings is 1. The largest absolute Gasteiger partial charge is 0.463 e. The summed E-state index contributed by atoms with van der Waals surface area (Å²) in [4.78, 5) is 17.5. The van der Waals surface area contributed by atoms with Gasteiger partial charge in [-0.25, -0.2) is 4.98 Å². The van der Waals surface area contributed by atoms with Crippen LogP contribution in [-0.4, -0.2) is 26.3 Å². The maximum atomic E-state index is 12.9. The molecule has 4 rings (SSSR count). The van der Waals surface area contributed by atoms with E-state index < -0.39 is 5.25 Å². The number of hydrogen-bond acceptors (Lipinski definition) is 7. The van der Waals surface area contributed by atoms with Gasteiger partial charge in [0.1, 0.15) is 5.69 Å². The third-order valence-corrected chi connectivity index (χ3v) is 5.77. The molecule has 0 saturated heterocycles. The maximum absolute atomic E-state index is 12.9. The monoisotopic (exact) mass is 434 g/mol. The predicted octanol–water partition coefficient (Wildman–Crippen LogP) is 5.38. The van der Waals surface area contributed by atoms with Crippen LogP contribution in [0, 0.1) is 6.92 Å². The number of aryl methyl sites for hydroxylation is 2. The van der Waals surface area contributed by atoms with E-state index in [9.17, 15) is 4.79 Å². The number of rotatable bonds is 7. The van der Waals surface area contributed by atoms with Crippen molar-refractivity contribution in [1.29, 1.82) is 0 Å². The molecule has 0 aliphatic rings. The highest BCUT2D eigenvalue weighted by atomic mass is 32.2. The minimum Gasteiger partial charge on any atom is -0.463 e. The summed E-state index contributed by atoms with van der Waals surface area (Å²) in [5.74, 6) is 0.973. The Hall–Kier alpha value is -3.39. The average molecular weight is 435 g/mol. The van der Waals surface area contributed by atoms with Crippen LogP contribution < -0.4 is 5.32 Å². The molecule has 1 amide bonds. The molecular weight excluding hydrogens is 412 g/mol. The van der Waals surface area contributed by atoms with Gasteiger partial charge in [-0.15, -0.1) is 10.2 Å². The van der Waals surface area contributed by atoms with Crippen molar-refractivity contribution in [2.24, 2.45) is 0 Å². The van der Waals surface area contributed by atoms with Crippen LogP contribution in [0.2, 0.25) is 0 Å². The highest BCUT2D eigenvalue weighted by Gasteiger charge is 2.22. The summed E-state index contributed by atoms with van der Waals surface area (Å²) >= 11 is 1.24. The quantitative estimate of drug-likeness (QED) is 0.390. The van der Waals surface area contributed by atoms with E-state index in [0.29, 0.717) is 28.1 Å². The lowest BCUT2D eigenvalue weighted by atomic mass is 10.1. The Labute approximate surface area is 184 Å². The van der Waals surface area contributed by atoms with Crippen molar-refractivity contribution < 1.29 is 13.6 Å². The van der Waals surface area contributed by atoms with Gasteiger partial charge in [0.2, 0.25) is 11.1 Å². The molecule has 7 nitrogen and oxygen atoms in total. The molecule has 3 aromatic heterocycles. The van der Waals surface area contributed by atoms with E-state index in [1.807, 2.05) is 32.0 Å². The molecular formula is C23H22N4O3S. The Morgan fingerprint density at radius 3 is 2.39 bits per heavy atom. The average Bonchev–Trinajstić information content (AvgIpc) is 3.49. The first-order valence-corrected chi connectivity index (χ1v) is 10.8. The zero-order valence-electron chi connectivity index (χ0n) is 17.5. The Morgan fingerprint density at radius 2 is 1.74 bits per heavy atom. The predicted molar refractivity (Wildman–Crippen MR) is 120 cm³/mol. The van der Waals surface area contributed by atoms with Gasteiger partial charge in [-0.05, 0) is 55.7 Å². The maximum Gasteiger partial charge on any atom is 0.237 e. The van der Waals surface area contributed by atoms with Crippen molar-refractivity contribution in [3.05, 3.63) is 66.1 Å². The minimum atomic E-state index is -0.426. The Balaban J connectivity index is 1.57. The number of hydrogen-bond donors (Lipinski definition) is 1. The standard InChI is InChI=1S/C23H22N4O3S/c1-4-16-9-5-8-14(2)19(16)24-22(28)15(3)31-23-25-20(17-10-6-12-29-17)21(26-27-23)18-11-7-13-30-18/h5-13,15H,4H2,1-3H3,(H,24,28). The number of nitrogens with one attached hydrogen (secondary N) is 1. The van der Waals surface area contributed by atoms with Gasteiger partial charge in [-0.2, -0.15) is 0 Å².